The molecule has 0 saturated carbocycles. The van der Waals surface area contributed by atoms with E-state index in [4.69, 9.17) is 0 Å². The van der Waals surface area contributed by atoms with Gasteiger partial charge < -0.3 is 5.21 Å². The third kappa shape index (κ3) is 1.66. The second kappa shape index (κ2) is 3.37. The van der Waals surface area contributed by atoms with E-state index in [2.05, 4.69) is 15.3 Å². The molecule has 0 unspecified atom stereocenters. The van der Waals surface area contributed by atoms with Crippen molar-refractivity contribution in [2.75, 3.05) is 0 Å². The van der Waals surface area contributed by atoms with Crippen LogP contribution in [-0.2, 0) is 0 Å². The molecule has 0 fully saturated rings. The van der Waals surface area contributed by atoms with Crippen molar-refractivity contribution in [2.45, 2.75) is 6.92 Å². The van der Waals surface area contributed by atoms with E-state index in [9.17, 15) is 5.21 Å². The molecule has 2 rings (SSSR count). The van der Waals surface area contributed by atoms with E-state index in [1.165, 1.54) is 0 Å². The number of nitrogens with zero attached hydrogens (tertiary/aromatic N) is 4. The third-order valence-corrected chi connectivity index (χ3v) is 1.81. The van der Waals surface area contributed by atoms with E-state index in [0.717, 1.165) is 17.5 Å². The second-order valence-corrected chi connectivity index (χ2v) is 2.92. The van der Waals surface area contributed by atoms with Gasteiger partial charge in [-0.25, -0.2) is 0 Å². The quantitative estimate of drug-likeness (QED) is 0.482. The Hall–Kier alpha value is -2.04. The average Bonchev–Trinajstić information content (AvgIpc) is 2.19. The molecule has 0 saturated heterocycles. The van der Waals surface area contributed by atoms with Gasteiger partial charge in [-0.05, 0) is 12.0 Å². The Bertz CT molecular complexity index is 441. The van der Waals surface area contributed by atoms with Gasteiger partial charge in [-0.3, -0.25) is 0 Å². The minimum atomic E-state index is 0.336. The van der Waals surface area contributed by atoms with Crippen molar-refractivity contribution in [1.82, 2.24) is 15.3 Å². The maximum absolute atomic E-state index is 10.8. The lowest BCUT2D eigenvalue weighted by atomic mass is 10.1. The van der Waals surface area contributed by atoms with Gasteiger partial charge in [0.25, 0.3) is 0 Å². The van der Waals surface area contributed by atoms with Gasteiger partial charge in [-0.1, -0.05) is 34.9 Å². The maximum atomic E-state index is 10.8. The molecule has 0 spiro atoms. The van der Waals surface area contributed by atoms with Crippen LogP contribution in [-0.4, -0.2) is 15.3 Å². The standard InChI is InChI=1S/C9H8N4O/c1-7-2-4-8(5-3-7)9-11-10-6-13(14)12-9/h2-6H,1H3. The van der Waals surface area contributed by atoms with Crippen LogP contribution in [0.4, 0.5) is 0 Å². The molecule has 14 heavy (non-hydrogen) atoms. The van der Waals surface area contributed by atoms with Crippen LogP contribution in [0.1, 0.15) is 5.56 Å². The molecule has 1 heterocycles. The van der Waals surface area contributed by atoms with Crippen LogP contribution in [0.5, 0.6) is 0 Å². The highest BCUT2D eigenvalue weighted by atomic mass is 16.5. The molecule has 1 aromatic carbocycles. The summed E-state index contributed by atoms with van der Waals surface area (Å²) in [5.74, 6) is 0.336. The number of hydrogen-bond acceptors (Lipinski definition) is 4. The van der Waals surface area contributed by atoms with Crippen molar-refractivity contribution in [1.29, 1.82) is 0 Å². The second-order valence-electron chi connectivity index (χ2n) is 2.92. The number of rotatable bonds is 1. The number of hydrogen-bond donors (Lipinski definition) is 0. The third-order valence-electron chi connectivity index (χ3n) is 1.81. The highest BCUT2D eigenvalue weighted by Crippen LogP contribution is 2.12. The summed E-state index contributed by atoms with van der Waals surface area (Å²) in [6, 6.07) is 7.57. The molecule has 0 radical (unpaired) electrons. The van der Waals surface area contributed by atoms with E-state index in [-0.39, 0.29) is 0 Å². The van der Waals surface area contributed by atoms with Crippen molar-refractivity contribution in [3.63, 3.8) is 0 Å². The first-order chi connectivity index (χ1) is 6.75. The van der Waals surface area contributed by atoms with Crippen LogP contribution in [0.2, 0.25) is 0 Å². The lowest BCUT2D eigenvalue weighted by Gasteiger charge is -1.99. The minimum Gasteiger partial charge on any atom is -0.691 e. The van der Waals surface area contributed by atoms with Gasteiger partial charge in [0.1, 0.15) is 0 Å². The Morgan fingerprint density at radius 2 is 1.93 bits per heavy atom. The van der Waals surface area contributed by atoms with Crippen LogP contribution < -0.4 is 4.85 Å². The summed E-state index contributed by atoms with van der Waals surface area (Å²) in [5, 5.41) is 21.8. The highest BCUT2D eigenvalue weighted by molar-refractivity contribution is 5.53. The fraction of sp³-hybridized carbons (Fsp3) is 0.111. The van der Waals surface area contributed by atoms with Crippen LogP contribution >= 0.6 is 0 Å². The first-order valence-corrected chi connectivity index (χ1v) is 4.12. The monoisotopic (exact) mass is 188 g/mol. The van der Waals surface area contributed by atoms with Crippen molar-refractivity contribution in [2.24, 2.45) is 0 Å². The van der Waals surface area contributed by atoms with Gasteiger partial charge in [0.15, 0.2) is 0 Å². The first-order valence-electron chi connectivity index (χ1n) is 4.12. The van der Waals surface area contributed by atoms with Gasteiger partial charge in [0, 0.05) is 5.56 Å². The summed E-state index contributed by atoms with van der Waals surface area (Å²) in [6.07, 6.45) is 1.01. The zero-order valence-corrected chi connectivity index (χ0v) is 7.58. The van der Waals surface area contributed by atoms with Crippen LogP contribution in [0.3, 0.4) is 0 Å². The van der Waals surface area contributed by atoms with Crippen molar-refractivity contribution < 1.29 is 4.85 Å². The number of aryl methyl sites for hydroxylation is 1. The van der Waals surface area contributed by atoms with Crippen LogP contribution in [0.15, 0.2) is 30.6 Å². The van der Waals surface area contributed by atoms with E-state index in [1.54, 1.807) is 0 Å². The molecular formula is C9H8N4O. The number of aromatic nitrogens is 4. The Balaban J connectivity index is 2.44. The molecule has 5 heteroatoms. The molecule has 0 amide bonds. The largest absolute Gasteiger partial charge is 0.691 e. The molecule has 0 N–H and O–H groups in total. The minimum absolute atomic E-state index is 0.336. The molecule has 70 valence electrons. The fourth-order valence-electron chi connectivity index (χ4n) is 1.08. The first kappa shape index (κ1) is 8.55. The molecule has 0 bridgehead atoms. The Morgan fingerprint density at radius 3 is 2.57 bits per heavy atom. The normalized spacial score (nSPS) is 10.1. The smallest absolute Gasteiger partial charge is 0.338 e. The summed E-state index contributed by atoms with van der Waals surface area (Å²) < 4.78 is 0. The lowest BCUT2D eigenvalue weighted by molar-refractivity contribution is -0.672. The molecule has 0 aliphatic heterocycles. The van der Waals surface area contributed by atoms with Gasteiger partial charge in [0.05, 0.1) is 5.10 Å². The highest BCUT2D eigenvalue weighted by Gasteiger charge is 2.04. The maximum Gasteiger partial charge on any atom is 0.338 e. The van der Waals surface area contributed by atoms with Crippen molar-refractivity contribution in [3.8, 4) is 11.4 Å². The number of benzene rings is 1. The lowest BCUT2D eigenvalue weighted by Crippen LogP contribution is -2.32. The average molecular weight is 188 g/mol. The molecule has 0 atom stereocenters. The molecule has 1 aromatic heterocycles. The molecular weight excluding hydrogens is 180 g/mol. The summed E-state index contributed by atoms with van der Waals surface area (Å²) in [6.45, 7) is 1.99. The topological polar surface area (TPSA) is 65.6 Å². The van der Waals surface area contributed by atoms with Crippen molar-refractivity contribution in [3.05, 3.63) is 41.4 Å². The zero-order valence-electron chi connectivity index (χ0n) is 7.58. The van der Waals surface area contributed by atoms with Gasteiger partial charge in [-0.15, -0.1) is 4.85 Å². The van der Waals surface area contributed by atoms with Crippen LogP contribution in [0, 0.1) is 12.1 Å². The summed E-state index contributed by atoms with van der Waals surface area (Å²) in [4.78, 5) is 0.391. The SMILES string of the molecule is Cc1ccc(-c2nnc[n+]([O-])n2)cc1. The Labute approximate surface area is 80.6 Å². The van der Waals surface area contributed by atoms with Gasteiger partial charge >= 0.3 is 6.33 Å². The summed E-state index contributed by atoms with van der Waals surface area (Å²) >= 11 is 0. The summed E-state index contributed by atoms with van der Waals surface area (Å²) in [7, 11) is 0. The molecule has 0 aliphatic carbocycles. The van der Waals surface area contributed by atoms with E-state index in [1.807, 2.05) is 31.2 Å². The molecule has 0 aliphatic rings. The van der Waals surface area contributed by atoms with E-state index >= 15 is 0 Å². The van der Waals surface area contributed by atoms with Gasteiger partial charge in [-0.2, -0.15) is 0 Å². The predicted molar refractivity (Wildman–Crippen MR) is 49.0 cm³/mol. The van der Waals surface area contributed by atoms with Gasteiger partial charge in [0.2, 0.25) is 5.82 Å². The van der Waals surface area contributed by atoms with Crippen molar-refractivity contribution >= 4 is 0 Å². The van der Waals surface area contributed by atoms with E-state index in [0.29, 0.717) is 10.7 Å². The summed E-state index contributed by atoms with van der Waals surface area (Å²) in [5.41, 5.74) is 1.93. The Kier molecular flexibility index (Phi) is 2.06. The van der Waals surface area contributed by atoms with Crippen LogP contribution in [0.25, 0.3) is 11.4 Å². The predicted octanol–water partition coefficient (Wildman–Crippen LogP) is 0.480. The van der Waals surface area contributed by atoms with E-state index < -0.39 is 0 Å². The molecule has 2 aromatic rings. The fourth-order valence-corrected chi connectivity index (χ4v) is 1.08. The zero-order chi connectivity index (χ0) is 9.97. The Morgan fingerprint density at radius 1 is 1.21 bits per heavy atom. The molecule has 5 nitrogen and oxygen atoms in total.